The fraction of sp³-hybridized carbons (Fsp3) is 0.217. The first-order valence-electron chi connectivity index (χ1n) is 9.66. The number of hydrogen-bond donors (Lipinski definition) is 1. The summed E-state index contributed by atoms with van der Waals surface area (Å²) >= 11 is 23.5. The van der Waals surface area contributed by atoms with Crippen molar-refractivity contribution in [2.75, 3.05) is 20.3 Å². The Morgan fingerprint density at radius 1 is 0.788 bits per heavy atom. The largest absolute Gasteiger partial charge is 0.493 e. The van der Waals surface area contributed by atoms with Gasteiger partial charge < -0.3 is 19.3 Å². The fourth-order valence-corrected chi connectivity index (χ4v) is 3.74. The molecule has 2 heterocycles. The third-order valence-corrected chi connectivity index (χ3v) is 6.19. The second-order valence-electron chi connectivity index (χ2n) is 6.94. The lowest BCUT2D eigenvalue weighted by molar-refractivity contribution is -0.136. The zero-order valence-electron chi connectivity index (χ0n) is 17.3. The number of esters is 1. The van der Waals surface area contributed by atoms with E-state index < -0.39 is 5.97 Å². The summed E-state index contributed by atoms with van der Waals surface area (Å²) < 4.78 is 15.6. The molecule has 0 radical (unpaired) electrons. The summed E-state index contributed by atoms with van der Waals surface area (Å²) in [5, 5.41) is 10.6. The maximum absolute atomic E-state index is 11.5. The van der Waals surface area contributed by atoms with E-state index >= 15 is 0 Å². The van der Waals surface area contributed by atoms with Gasteiger partial charge in [-0.05, 0) is 24.3 Å². The van der Waals surface area contributed by atoms with Crippen LogP contribution in [0, 0.1) is 0 Å². The molecular weight excluding hydrogens is 514 g/mol. The van der Waals surface area contributed by atoms with Gasteiger partial charge in [0.1, 0.15) is 11.5 Å². The van der Waals surface area contributed by atoms with E-state index in [-0.39, 0.29) is 5.97 Å². The molecular formula is C23H18Cl4O6. The molecule has 10 heteroatoms. The molecule has 0 amide bonds. The lowest BCUT2D eigenvalue weighted by Crippen LogP contribution is -2.06. The molecule has 0 bridgehead atoms. The topological polar surface area (TPSA) is 82.1 Å². The van der Waals surface area contributed by atoms with E-state index in [1.807, 2.05) is 0 Å². The minimum Gasteiger partial charge on any atom is -0.493 e. The number of aliphatic carboxylic acids is 1. The highest BCUT2D eigenvalue weighted by molar-refractivity contribution is 6.42. The van der Waals surface area contributed by atoms with Crippen molar-refractivity contribution in [1.82, 2.24) is 0 Å². The van der Waals surface area contributed by atoms with Gasteiger partial charge in [-0.1, -0.05) is 46.4 Å². The summed E-state index contributed by atoms with van der Waals surface area (Å²) in [5.41, 5.74) is 2.24. The van der Waals surface area contributed by atoms with Crippen molar-refractivity contribution in [1.29, 1.82) is 0 Å². The molecule has 174 valence electrons. The number of benzene rings is 2. The van der Waals surface area contributed by atoms with Crippen LogP contribution in [0.3, 0.4) is 0 Å². The van der Waals surface area contributed by atoms with E-state index in [0.29, 0.717) is 74.4 Å². The molecule has 4 rings (SSSR count). The summed E-state index contributed by atoms with van der Waals surface area (Å²) in [6.07, 6.45) is 4.14. The second kappa shape index (κ2) is 11.2. The van der Waals surface area contributed by atoms with E-state index in [4.69, 9.17) is 65.7 Å². The molecule has 0 unspecified atom stereocenters. The summed E-state index contributed by atoms with van der Waals surface area (Å²) in [6.45, 7) is 0.731. The van der Waals surface area contributed by atoms with Crippen molar-refractivity contribution < 1.29 is 28.9 Å². The minimum absolute atomic E-state index is 0.303. The van der Waals surface area contributed by atoms with Gasteiger partial charge in [-0.2, -0.15) is 0 Å². The van der Waals surface area contributed by atoms with Crippen molar-refractivity contribution in [2.24, 2.45) is 0 Å². The number of carboxylic acid groups (broad SMARTS) is 1. The highest BCUT2D eigenvalue weighted by Gasteiger charge is 2.17. The minimum atomic E-state index is -0.942. The van der Waals surface area contributed by atoms with Crippen molar-refractivity contribution >= 4 is 70.5 Å². The van der Waals surface area contributed by atoms with Gasteiger partial charge in [-0.3, -0.25) is 0 Å². The molecule has 0 spiro atoms. The van der Waals surface area contributed by atoms with Crippen LogP contribution in [0.15, 0.2) is 35.4 Å². The van der Waals surface area contributed by atoms with E-state index in [9.17, 15) is 9.59 Å². The third kappa shape index (κ3) is 6.36. The number of carbonyl (C=O) groups excluding carboxylic acids is 1. The third-order valence-electron chi connectivity index (χ3n) is 4.75. The Balaban J connectivity index is 0.000000186. The van der Waals surface area contributed by atoms with Crippen LogP contribution in [-0.2, 0) is 14.3 Å². The number of carbonyl (C=O) groups is 2. The molecule has 1 N–H and O–H groups in total. The van der Waals surface area contributed by atoms with E-state index in [0.717, 1.165) is 5.56 Å². The van der Waals surface area contributed by atoms with Crippen LogP contribution in [-0.4, -0.2) is 37.4 Å². The summed E-state index contributed by atoms with van der Waals surface area (Å²) in [5.74, 6) is -0.112. The Morgan fingerprint density at radius 3 is 1.67 bits per heavy atom. The first kappa shape index (κ1) is 25.2. The Morgan fingerprint density at radius 2 is 1.21 bits per heavy atom. The molecule has 6 nitrogen and oxygen atoms in total. The standard InChI is InChI=1S/C12H10Cl2O3.C11H8Cl2O3/c1-16-12(15)7-2-3-17-11-6-10(14)9(13)5-8(11)4-7;12-8-4-7-3-6(11(14)15)1-2-16-10(7)5-9(8)13/h4-6H,2-3H2,1H3;3-5H,1-2H2,(H,14,15). The molecule has 2 aliphatic rings. The molecule has 2 aromatic rings. The average Bonchev–Trinajstić information content (AvgIpc) is 3.10. The Hall–Kier alpha value is -2.38. The van der Waals surface area contributed by atoms with Gasteiger partial charge in [0.05, 0.1) is 40.4 Å². The van der Waals surface area contributed by atoms with Crippen LogP contribution >= 0.6 is 46.4 Å². The molecule has 2 aromatic carbocycles. The Kier molecular flexibility index (Phi) is 8.54. The number of methoxy groups -OCH3 is 1. The van der Waals surface area contributed by atoms with E-state index in [1.165, 1.54) is 7.11 Å². The van der Waals surface area contributed by atoms with Gasteiger partial charge in [-0.25, -0.2) is 9.59 Å². The van der Waals surface area contributed by atoms with Crippen LogP contribution in [0.5, 0.6) is 11.5 Å². The average molecular weight is 532 g/mol. The van der Waals surface area contributed by atoms with Crippen LogP contribution in [0.1, 0.15) is 24.0 Å². The predicted octanol–water partition coefficient (Wildman–Crippen LogP) is 6.58. The van der Waals surface area contributed by atoms with Crippen LogP contribution < -0.4 is 9.47 Å². The van der Waals surface area contributed by atoms with Gasteiger partial charge in [0.15, 0.2) is 0 Å². The molecule has 0 saturated heterocycles. The predicted molar refractivity (Wildman–Crippen MR) is 129 cm³/mol. The van der Waals surface area contributed by atoms with Crippen molar-refractivity contribution in [2.45, 2.75) is 12.8 Å². The zero-order valence-corrected chi connectivity index (χ0v) is 20.3. The number of halogens is 4. The Labute approximate surface area is 210 Å². The number of fused-ring (bicyclic) bond motifs is 2. The van der Waals surface area contributed by atoms with Crippen molar-refractivity contribution in [3.05, 3.63) is 66.6 Å². The van der Waals surface area contributed by atoms with Gasteiger partial charge >= 0.3 is 11.9 Å². The zero-order chi connectivity index (χ0) is 24.1. The quantitative estimate of drug-likeness (QED) is 0.441. The van der Waals surface area contributed by atoms with E-state index in [2.05, 4.69) is 0 Å². The van der Waals surface area contributed by atoms with Crippen molar-refractivity contribution in [3.8, 4) is 11.5 Å². The van der Waals surface area contributed by atoms with Crippen LogP contribution in [0.4, 0.5) is 0 Å². The number of carboxylic acids is 1. The first-order chi connectivity index (χ1) is 15.7. The molecule has 0 fully saturated rings. The van der Waals surface area contributed by atoms with Gasteiger partial charge in [0, 0.05) is 47.2 Å². The van der Waals surface area contributed by atoms with E-state index in [1.54, 1.807) is 36.4 Å². The van der Waals surface area contributed by atoms with Gasteiger partial charge in [-0.15, -0.1) is 0 Å². The normalized spacial score (nSPS) is 14.3. The molecule has 0 aromatic heterocycles. The maximum atomic E-state index is 11.5. The summed E-state index contributed by atoms with van der Waals surface area (Å²) in [6, 6.07) is 6.53. The summed E-state index contributed by atoms with van der Waals surface area (Å²) in [4.78, 5) is 22.4. The first-order valence-corrected chi connectivity index (χ1v) is 11.2. The molecule has 33 heavy (non-hydrogen) atoms. The molecule has 0 atom stereocenters. The summed E-state index contributed by atoms with van der Waals surface area (Å²) in [7, 11) is 1.35. The SMILES string of the molecule is COC(=O)C1=Cc2cc(Cl)c(Cl)cc2OCC1.O=C(O)C1=Cc2cc(Cl)c(Cl)cc2OCC1. The Bertz CT molecular complexity index is 1160. The second-order valence-corrected chi connectivity index (χ2v) is 8.57. The van der Waals surface area contributed by atoms with Gasteiger partial charge in [0.25, 0.3) is 0 Å². The highest BCUT2D eigenvalue weighted by Crippen LogP contribution is 2.35. The smallest absolute Gasteiger partial charge is 0.333 e. The molecule has 2 aliphatic heterocycles. The monoisotopic (exact) mass is 530 g/mol. The maximum Gasteiger partial charge on any atom is 0.333 e. The number of hydrogen-bond acceptors (Lipinski definition) is 5. The lowest BCUT2D eigenvalue weighted by atomic mass is 10.1. The van der Waals surface area contributed by atoms with Crippen molar-refractivity contribution in [3.63, 3.8) is 0 Å². The molecule has 0 aliphatic carbocycles. The van der Waals surface area contributed by atoms with Crippen LogP contribution in [0.2, 0.25) is 20.1 Å². The van der Waals surface area contributed by atoms with Gasteiger partial charge in [0.2, 0.25) is 0 Å². The van der Waals surface area contributed by atoms with Crippen LogP contribution in [0.25, 0.3) is 12.2 Å². The number of rotatable bonds is 2. The molecule has 0 saturated carbocycles. The number of ether oxygens (including phenoxy) is 3. The lowest BCUT2D eigenvalue weighted by Gasteiger charge is -2.07. The highest BCUT2D eigenvalue weighted by atomic mass is 35.5. The fourth-order valence-electron chi connectivity index (χ4n) is 3.09.